The fourth-order valence-corrected chi connectivity index (χ4v) is 2.87. The summed E-state index contributed by atoms with van der Waals surface area (Å²) in [4.78, 5) is 31.7. The van der Waals surface area contributed by atoms with E-state index >= 15 is 0 Å². The molecular formula is C17H21N5O2. The van der Waals surface area contributed by atoms with Crippen molar-refractivity contribution in [1.29, 1.82) is 0 Å². The van der Waals surface area contributed by atoms with Gasteiger partial charge in [0.05, 0.1) is 12.2 Å². The molecule has 0 aliphatic carbocycles. The van der Waals surface area contributed by atoms with Gasteiger partial charge in [0.25, 0.3) is 5.91 Å². The Balaban J connectivity index is 1.74. The lowest BCUT2D eigenvalue weighted by Crippen LogP contribution is -2.28. The minimum absolute atomic E-state index is 0.0474. The minimum atomic E-state index is -0.131. The quantitative estimate of drug-likeness (QED) is 0.852. The van der Waals surface area contributed by atoms with E-state index < -0.39 is 0 Å². The molecule has 2 aromatic rings. The van der Waals surface area contributed by atoms with Gasteiger partial charge < -0.3 is 9.80 Å². The molecule has 1 aliphatic heterocycles. The van der Waals surface area contributed by atoms with Crippen LogP contribution in [-0.4, -0.2) is 50.0 Å². The van der Waals surface area contributed by atoms with Crippen molar-refractivity contribution in [2.75, 3.05) is 13.6 Å². The Morgan fingerprint density at radius 2 is 2.17 bits per heavy atom. The molecule has 1 aliphatic rings. The van der Waals surface area contributed by atoms with Crippen LogP contribution in [0.5, 0.6) is 0 Å². The van der Waals surface area contributed by atoms with Gasteiger partial charge in [-0.15, -0.1) is 0 Å². The summed E-state index contributed by atoms with van der Waals surface area (Å²) in [6, 6.07) is 5.58. The Morgan fingerprint density at radius 3 is 2.88 bits per heavy atom. The minimum Gasteiger partial charge on any atom is -0.337 e. The molecule has 2 aromatic heterocycles. The van der Waals surface area contributed by atoms with E-state index in [1.807, 2.05) is 16.8 Å². The van der Waals surface area contributed by atoms with Gasteiger partial charge in [-0.3, -0.25) is 19.3 Å². The Morgan fingerprint density at radius 1 is 1.33 bits per heavy atom. The summed E-state index contributed by atoms with van der Waals surface area (Å²) >= 11 is 0. The summed E-state index contributed by atoms with van der Waals surface area (Å²) in [6.45, 7) is 4.00. The molecule has 7 heteroatoms. The average Bonchev–Trinajstić information content (AvgIpc) is 2.86. The second kappa shape index (κ2) is 6.82. The number of carbonyl (C=O) groups is 2. The van der Waals surface area contributed by atoms with Gasteiger partial charge in [0.2, 0.25) is 5.91 Å². The number of aromatic nitrogens is 3. The maximum absolute atomic E-state index is 12.6. The Hall–Kier alpha value is -2.70. The number of hydrogen-bond donors (Lipinski definition) is 0. The molecule has 0 fully saturated rings. The van der Waals surface area contributed by atoms with E-state index in [9.17, 15) is 9.59 Å². The highest BCUT2D eigenvalue weighted by molar-refractivity contribution is 5.92. The molecule has 0 bridgehead atoms. The second-order valence-corrected chi connectivity index (χ2v) is 6.06. The lowest BCUT2D eigenvalue weighted by atomic mass is 10.2. The van der Waals surface area contributed by atoms with Crippen molar-refractivity contribution in [3.05, 3.63) is 47.5 Å². The molecule has 3 heterocycles. The molecule has 0 saturated carbocycles. The molecule has 0 atom stereocenters. The van der Waals surface area contributed by atoms with Crippen LogP contribution in [0.2, 0.25) is 0 Å². The molecule has 2 amide bonds. The number of fused-ring (bicyclic) bond motifs is 1. The monoisotopic (exact) mass is 327 g/mol. The lowest BCUT2D eigenvalue weighted by molar-refractivity contribution is -0.129. The molecule has 24 heavy (non-hydrogen) atoms. The van der Waals surface area contributed by atoms with Crippen LogP contribution in [0, 0.1) is 0 Å². The van der Waals surface area contributed by atoms with Gasteiger partial charge in [0.1, 0.15) is 0 Å². The van der Waals surface area contributed by atoms with Gasteiger partial charge in [0.15, 0.2) is 5.69 Å². The number of hydrogen-bond acceptors (Lipinski definition) is 4. The van der Waals surface area contributed by atoms with Crippen LogP contribution in [0.25, 0.3) is 0 Å². The molecule has 126 valence electrons. The predicted octanol–water partition coefficient (Wildman–Crippen LogP) is 1.30. The van der Waals surface area contributed by atoms with Gasteiger partial charge in [-0.05, 0) is 24.1 Å². The number of carbonyl (C=O) groups excluding carboxylic acids is 2. The standard InChI is InChI=1S/C17H21N5O2/c1-13(23)21-7-4-8-22-15(12-21)9-16(19-22)17(24)20(2)11-14-5-3-6-18-10-14/h3,5-6,9-10H,4,7-8,11-12H2,1-2H3. The maximum Gasteiger partial charge on any atom is 0.274 e. The van der Waals surface area contributed by atoms with Crippen LogP contribution >= 0.6 is 0 Å². The first-order valence-electron chi connectivity index (χ1n) is 8.01. The molecule has 0 saturated heterocycles. The van der Waals surface area contributed by atoms with Gasteiger partial charge >= 0.3 is 0 Å². The highest BCUT2D eigenvalue weighted by Gasteiger charge is 2.22. The molecule has 0 radical (unpaired) electrons. The molecule has 0 aromatic carbocycles. The Kier molecular flexibility index (Phi) is 4.59. The van der Waals surface area contributed by atoms with Gasteiger partial charge in [-0.2, -0.15) is 5.10 Å². The van der Waals surface area contributed by atoms with Crippen molar-refractivity contribution in [3.63, 3.8) is 0 Å². The van der Waals surface area contributed by atoms with Crippen molar-refractivity contribution in [2.45, 2.75) is 33.0 Å². The van der Waals surface area contributed by atoms with Gasteiger partial charge in [-0.25, -0.2) is 0 Å². The normalized spacial score (nSPS) is 14.0. The summed E-state index contributed by atoms with van der Waals surface area (Å²) in [5.41, 5.74) is 2.29. The van der Waals surface area contributed by atoms with Gasteiger partial charge in [0, 0.05) is 46.0 Å². The van der Waals surface area contributed by atoms with E-state index in [0.717, 1.165) is 30.8 Å². The van der Waals surface area contributed by atoms with Crippen LogP contribution in [0.15, 0.2) is 30.6 Å². The molecule has 7 nitrogen and oxygen atoms in total. The highest BCUT2D eigenvalue weighted by Crippen LogP contribution is 2.15. The smallest absolute Gasteiger partial charge is 0.274 e. The van der Waals surface area contributed by atoms with E-state index in [-0.39, 0.29) is 11.8 Å². The van der Waals surface area contributed by atoms with Crippen LogP contribution in [0.3, 0.4) is 0 Å². The first kappa shape index (κ1) is 16.2. The van der Waals surface area contributed by atoms with Crippen LogP contribution in [-0.2, 0) is 24.4 Å². The molecular weight excluding hydrogens is 306 g/mol. The Labute approximate surface area is 140 Å². The number of rotatable bonds is 3. The molecule has 0 spiro atoms. The third-order valence-electron chi connectivity index (χ3n) is 4.17. The number of aryl methyl sites for hydroxylation is 1. The second-order valence-electron chi connectivity index (χ2n) is 6.06. The topological polar surface area (TPSA) is 71.3 Å². The highest BCUT2D eigenvalue weighted by atomic mass is 16.2. The number of nitrogens with zero attached hydrogens (tertiary/aromatic N) is 5. The third kappa shape index (κ3) is 3.45. The molecule has 0 N–H and O–H groups in total. The van der Waals surface area contributed by atoms with Crippen molar-refractivity contribution in [2.24, 2.45) is 0 Å². The number of amides is 2. The van der Waals surface area contributed by atoms with E-state index in [2.05, 4.69) is 10.1 Å². The summed E-state index contributed by atoms with van der Waals surface area (Å²) in [7, 11) is 1.75. The van der Waals surface area contributed by atoms with E-state index in [1.54, 1.807) is 42.2 Å². The predicted molar refractivity (Wildman–Crippen MR) is 88.0 cm³/mol. The van der Waals surface area contributed by atoms with Crippen LogP contribution in [0.1, 0.15) is 35.1 Å². The fraction of sp³-hybridized carbons (Fsp3) is 0.412. The zero-order chi connectivity index (χ0) is 17.1. The third-order valence-corrected chi connectivity index (χ3v) is 4.17. The van der Waals surface area contributed by atoms with E-state index in [0.29, 0.717) is 18.8 Å². The molecule has 0 unspecified atom stereocenters. The largest absolute Gasteiger partial charge is 0.337 e. The summed E-state index contributed by atoms with van der Waals surface area (Å²) in [6.07, 6.45) is 4.29. The number of pyridine rings is 1. The first-order chi connectivity index (χ1) is 11.5. The molecule has 3 rings (SSSR count). The van der Waals surface area contributed by atoms with Crippen LogP contribution < -0.4 is 0 Å². The summed E-state index contributed by atoms with van der Waals surface area (Å²) in [5.74, 6) is -0.0833. The van der Waals surface area contributed by atoms with E-state index in [1.165, 1.54) is 0 Å². The zero-order valence-corrected chi connectivity index (χ0v) is 14.0. The van der Waals surface area contributed by atoms with Crippen molar-refractivity contribution in [1.82, 2.24) is 24.6 Å². The van der Waals surface area contributed by atoms with Crippen molar-refractivity contribution >= 4 is 11.8 Å². The summed E-state index contributed by atoms with van der Waals surface area (Å²) < 4.78 is 1.84. The SMILES string of the molecule is CC(=O)N1CCCn2nc(C(=O)N(C)Cc3cccnc3)cc2C1. The van der Waals surface area contributed by atoms with Crippen molar-refractivity contribution < 1.29 is 9.59 Å². The lowest BCUT2D eigenvalue weighted by Gasteiger charge is -2.17. The van der Waals surface area contributed by atoms with Crippen molar-refractivity contribution in [3.8, 4) is 0 Å². The van der Waals surface area contributed by atoms with Gasteiger partial charge in [-0.1, -0.05) is 6.07 Å². The average molecular weight is 327 g/mol. The first-order valence-corrected chi connectivity index (χ1v) is 8.01. The fourth-order valence-electron chi connectivity index (χ4n) is 2.87. The summed E-state index contributed by atoms with van der Waals surface area (Å²) in [5, 5.41) is 4.44. The Bertz CT molecular complexity index is 741. The van der Waals surface area contributed by atoms with E-state index in [4.69, 9.17) is 0 Å². The van der Waals surface area contributed by atoms with Crippen LogP contribution in [0.4, 0.5) is 0 Å². The maximum atomic E-state index is 12.6. The zero-order valence-electron chi connectivity index (χ0n) is 14.0.